The molecule has 106 valence electrons. The minimum atomic E-state index is -4.71. The first-order chi connectivity index (χ1) is 9.39. The highest BCUT2D eigenvalue weighted by molar-refractivity contribution is 6.31. The summed E-state index contributed by atoms with van der Waals surface area (Å²) in [4.78, 5) is 0. The van der Waals surface area contributed by atoms with E-state index in [0.29, 0.717) is 10.6 Å². The molecule has 0 aromatic heterocycles. The third-order valence-corrected chi connectivity index (χ3v) is 3.04. The van der Waals surface area contributed by atoms with Crippen LogP contribution in [0.25, 0.3) is 11.1 Å². The molecule has 2 aromatic carbocycles. The third kappa shape index (κ3) is 3.65. The van der Waals surface area contributed by atoms with Crippen molar-refractivity contribution in [3.63, 3.8) is 0 Å². The standard InChI is InChI=1S/C14H11ClF3NO/c15-13-5-4-10(6-11(13)8-19)9-2-1-3-12(7-9)20-14(16,17)18/h1-7H,8,19H2. The van der Waals surface area contributed by atoms with E-state index in [1.54, 1.807) is 24.3 Å². The number of rotatable bonds is 3. The largest absolute Gasteiger partial charge is 0.573 e. The zero-order valence-electron chi connectivity index (χ0n) is 10.2. The number of halogens is 4. The Balaban J connectivity index is 2.36. The number of nitrogens with two attached hydrogens (primary N) is 1. The van der Waals surface area contributed by atoms with Gasteiger partial charge < -0.3 is 10.5 Å². The SMILES string of the molecule is NCc1cc(-c2cccc(OC(F)(F)F)c2)ccc1Cl. The van der Waals surface area contributed by atoms with E-state index in [-0.39, 0.29) is 12.3 Å². The molecule has 2 aromatic rings. The van der Waals surface area contributed by atoms with E-state index < -0.39 is 6.36 Å². The van der Waals surface area contributed by atoms with E-state index in [0.717, 1.165) is 11.1 Å². The van der Waals surface area contributed by atoms with Gasteiger partial charge in [0.15, 0.2) is 0 Å². The van der Waals surface area contributed by atoms with E-state index in [2.05, 4.69) is 4.74 Å². The fourth-order valence-electron chi connectivity index (χ4n) is 1.78. The summed E-state index contributed by atoms with van der Waals surface area (Å²) in [6, 6.07) is 10.9. The molecule has 0 atom stereocenters. The van der Waals surface area contributed by atoms with Crippen molar-refractivity contribution in [1.29, 1.82) is 0 Å². The molecule has 0 unspecified atom stereocenters. The van der Waals surface area contributed by atoms with E-state index in [1.807, 2.05) is 0 Å². The number of alkyl halides is 3. The highest BCUT2D eigenvalue weighted by Gasteiger charge is 2.31. The molecule has 20 heavy (non-hydrogen) atoms. The topological polar surface area (TPSA) is 35.2 Å². The monoisotopic (exact) mass is 301 g/mol. The van der Waals surface area contributed by atoms with E-state index >= 15 is 0 Å². The lowest BCUT2D eigenvalue weighted by Gasteiger charge is -2.11. The summed E-state index contributed by atoms with van der Waals surface area (Å²) in [5.41, 5.74) is 7.60. The second kappa shape index (κ2) is 5.73. The predicted molar refractivity (Wildman–Crippen MR) is 71.5 cm³/mol. The summed E-state index contributed by atoms with van der Waals surface area (Å²) in [5.74, 6) is -0.265. The number of hydrogen-bond acceptors (Lipinski definition) is 2. The fraction of sp³-hybridized carbons (Fsp3) is 0.143. The van der Waals surface area contributed by atoms with Gasteiger partial charge in [0.25, 0.3) is 0 Å². The lowest BCUT2D eigenvalue weighted by atomic mass is 10.0. The molecule has 0 aliphatic heterocycles. The van der Waals surface area contributed by atoms with Gasteiger partial charge in [-0.1, -0.05) is 29.8 Å². The molecule has 0 aliphatic carbocycles. The molecular formula is C14H11ClF3NO. The van der Waals surface area contributed by atoms with E-state index in [1.165, 1.54) is 18.2 Å². The van der Waals surface area contributed by atoms with Crippen LogP contribution in [0.5, 0.6) is 5.75 Å². The van der Waals surface area contributed by atoms with Crippen LogP contribution in [0.4, 0.5) is 13.2 Å². The second-order valence-corrected chi connectivity index (χ2v) is 4.49. The minimum absolute atomic E-state index is 0.255. The maximum Gasteiger partial charge on any atom is 0.573 e. The molecule has 0 saturated carbocycles. The summed E-state index contributed by atoms with van der Waals surface area (Å²) in [5, 5.41) is 0.527. The van der Waals surface area contributed by atoms with Crippen molar-refractivity contribution >= 4 is 11.6 Å². The van der Waals surface area contributed by atoms with Crippen LogP contribution in [-0.4, -0.2) is 6.36 Å². The molecular weight excluding hydrogens is 291 g/mol. The van der Waals surface area contributed by atoms with Crippen molar-refractivity contribution in [2.75, 3.05) is 0 Å². The highest BCUT2D eigenvalue weighted by atomic mass is 35.5. The Labute approximate surface area is 118 Å². The summed E-state index contributed by atoms with van der Waals surface area (Å²) < 4.78 is 40.5. The molecule has 0 bridgehead atoms. The van der Waals surface area contributed by atoms with E-state index in [9.17, 15) is 13.2 Å². The lowest BCUT2D eigenvalue weighted by Crippen LogP contribution is -2.17. The maximum atomic E-state index is 12.2. The van der Waals surface area contributed by atoms with Crippen molar-refractivity contribution in [1.82, 2.24) is 0 Å². The Kier molecular flexibility index (Phi) is 4.20. The van der Waals surface area contributed by atoms with Crippen LogP contribution in [0.3, 0.4) is 0 Å². The first-order valence-electron chi connectivity index (χ1n) is 5.74. The van der Waals surface area contributed by atoms with Gasteiger partial charge in [-0.15, -0.1) is 13.2 Å². The zero-order valence-corrected chi connectivity index (χ0v) is 11.0. The fourth-order valence-corrected chi connectivity index (χ4v) is 1.98. The van der Waals surface area contributed by atoms with Crippen LogP contribution in [0.1, 0.15) is 5.56 Å². The van der Waals surface area contributed by atoms with Crippen LogP contribution >= 0.6 is 11.6 Å². The van der Waals surface area contributed by atoms with Crippen molar-refractivity contribution in [2.45, 2.75) is 12.9 Å². The smallest absolute Gasteiger partial charge is 0.406 e. The van der Waals surface area contributed by atoms with Crippen LogP contribution in [0.15, 0.2) is 42.5 Å². The van der Waals surface area contributed by atoms with Gasteiger partial charge in [-0.3, -0.25) is 0 Å². The van der Waals surface area contributed by atoms with Crippen LogP contribution < -0.4 is 10.5 Å². The average molecular weight is 302 g/mol. The molecule has 2 nitrogen and oxygen atoms in total. The van der Waals surface area contributed by atoms with Gasteiger partial charge in [0.1, 0.15) is 5.75 Å². The normalized spacial score (nSPS) is 11.4. The molecule has 2 N–H and O–H groups in total. The first-order valence-corrected chi connectivity index (χ1v) is 6.11. The molecule has 0 fully saturated rings. The molecule has 0 saturated heterocycles. The van der Waals surface area contributed by atoms with Crippen LogP contribution in [0, 0.1) is 0 Å². The molecule has 0 amide bonds. The zero-order chi connectivity index (χ0) is 14.8. The summed E-state index contributed by atoms with van der Waals surface area (Å²) in [7, 11) is 0. The molecule has 0 radical (unpaired) electrons. The Morgan fingerprint density at radius 3 is 2.40 bits per heavy atom. The van der Waals surface area contributed by atoms with Gasteiger partial charge in [0.05, 0.1) is 0 Å². The molecule has 0 aliphatic rings. The molecule has 0 heterocycles. The summed E-state index contributed by atoms with van der Waals surface area (Å²) >= 11 is 5.95. The summed E-state index contributed by atoms with van der Waals surface area (Å²) in [6.45, 7) is 0.255. The molecule has 6 heteroatoms. The van der Waals surface area contributed by atoms with Gasteiger partial charge in [0, 0.05) is 11.6 Å². The van der Waals surface area contributed by atoms with Crippen molar-refractivity contribution in [3.05, 3.63) is 53.1 Å². The van der Waals surface area contributed by atoms with Crippen molar-refractivity contribution in [3.8, 4) is 16.9 Å². The molecule has 2 rings (SSSR count). The first kappa shape index (κ1) is 14.7. The molecule has 0 spiro atoms. The minimum Gasteiger partial charge on any atom is -0.406 e. The van der Waals surface area contributed by atoms with Crippen molar-refractivity contribution in [2.24, 2.45) is 5.73 Å². The van der Waals surface area contributed by atoms with Gasteiger partial charge >= 0.3 is 6.36 Å². The van der Waals surface area contributed by atoms with Gasteiger partial charge in [-0.2, -0.15) is 0 Å². The van der Waals surface area contributed by atoms with Gasteiger partial charge in [-0.25, -0.2) is 0 Å². The van der Waals surface area contributed by atoms with Gasteiger partial charge in [-0.05, 0) is 41.0 Å². The Hall–Kier alpha value is -1.72. The maximum absolute atomic E-state index is 12.2. The lowest BCUT2D eigenvalue weighted by molar-refractivity contribution is -0.274. The quantitative estimate of drug-likeness (QED) is 0.914. The predicted octanol–water partition coefficient (Wildman–Crippen LogP) is 4.36. The average Bonchev–Trinajstić information content (AvgIpc) is 2.37. The third-order valence-electron chi connectivity index (χ3n) is 2.67. The Bertz CT molecular complexity index is 614. The summed E-state index contributed by atoms with van der Waals surface area (Å²) in [6.07, 6.45) is -4.71. The van der Waals surface area contributed by atoms with Crippen molar-refractivity contribution < 1.29 is 17.9 Å². The van der Waals surface area contributed by atoms with E-state index in [4.69, 9.17) is 17.3 Å². The number of benzene rings is 2. The highest BCUT2D eigenvalue weighted by Crippen LogP contribution is 2.29. The Morgan fingerprint density at radius 2 is 1.75 bits per heavy atom. The Morgan fingerprint density at radius 1 is 1.05 bits per heavy atom. The number of hydrogen-bond donors (Lipinski definition) is 1. The number of ether oxygens (including phenoxy) is 1. The second-order valence-electron chi connectivity index (χ2n) is 4.09. The van der Waals surface area contributed by atoms with Crippen LogP contribution in [0.2, 0.25) is 5.02 Å². The van der Waals surface area contributed by atoms with Crippen LogP contribution in [-0.2, 0) is 6.54 Å². The van der Waals surface area contributed by atoms with Gasteiger partial charge in [0.2, 0.25) is 0 Å².